The summed E-state index contributed by atoms with van der Waals surface area (Å²) in [4.78, 5) is 30.1. The van der Waals surface area contributed by atoms with Crippen molar-refractivity contribution in [3.8, 4) is 0 Å². The normalized spacial score (nSPS) is 17.1. The van der Waals surface area contributed by atoms with E-state index in [9.17, 15) is 9.59 Å². The molecule has 29 heavy (non-hydrogen) atoms. The van der Waals surface area contributed by atoms with Gasteiger partial charge in [0.2, 0.25) is 0 Å². The van der Waals surface area contributed by atoms with Gasteiger partial charge in [-0.1, -0.05) is 24.3 Å². The van der Waals surface area contributed by atoms with E-state index in [4.69, 9.17) is 0 Å². The van der Waals surface area contributed by atoms with Gasteiger partial charge in [0.05, 0.1) is 22.5 Å². The standard InChI is InChI=1S/C24H29N3O2/c28-23(26-15-7-1-8-16-26)19-11-3-5-13-21(19)25-22-14-6-4-12-20(22)24(29)27-17-9-2-10-18-27/h3-6,11-14,25H,1-2,7-10,15-18H2. The third-order valence-electron chi connectivity index (χ3n) is 5.87. The number of benzene rings is 2. The molecule has 0 aromatic heterocycles. The SMILES string of the molecule is O=C(c1ccccc1Nc1ccccc1C(=O)N1CCCCC1)N1CCCCC1. The van der Waals surface area contributed by atoms with Gasteiger partial charge in [0, 0.05) is 26.2 Å². The lowest BCUT2D eigenvalue weighted by molar-refractivity contribution is 0.0718. The Bertz CT molecular complexity index is 796. The van der Waals surface area contributed by atoms with Gasteiger partial charge in [0.25, 0.3) is 11.8 Å². The Morgan fingerprint density at radius 3 is 1.38 bits per heavy atom. The van der Waals surface area contributed by atoms with E-state index in [1.807, 2.05) is 58.3 Å². The van der Waals surface area contributed by atoms with Crippen LogP contribution in [0.4, 0.5) is 11.4 Å². The molecule has 0 bridgehead atoms. The number of nitrogens with zero attached hydrogens (tertiary/aromatic N) is 2. The number of carbonyl (C=O) groups excluding carboxylic acids is 2. The van der Waals surface area contributed by atoms with Crippen LogP contribution in [0, 0.1) is 0 Å². The molecule has 5 heteroatoms. The van der Waals surface area contributed by atoms with Crippen molar-refractivity contribution in [2.45, 2.75) is 38.5 Å². The number of hydrogen-bond donors (Lipinski definition) is 1. The molecule has 0 saturated carbocycles. The summed E-state index contributed by atoms with van der Waals surface area (Å²) in [6.45, 7) is 3.27. The molecule has 0 radical (unpaired) electrons. The molecule has 152 valence electrons. The van der Waals surface area contributed by atoms with Crippen molar-refractivity contribution in [3.05, 3.63) is 59.7 Å². The van der Waals surface area contributed by atoms with Crippen LogP contribution in [0.2, 0.25) is 0 Å². The van der Waals surface area contributed by atoms with Crippen molar-refractivity contribution in [1.82, 2.24) is 9.80 Å². The van der Waals surface area contributed by atoms with Crippen molar-refractivity contribution < 1.29 is 9.59 Å². The smallest absolute Gasteiger partial charge is 0.255 e. The minimum atomic E-state index is 0.0626. The highest BCUT2D eigenvalue weighted by atomic mass is 16.2. The van der Waals surface area contributed by atoms with Crippen LogP contribution in [-0.2, 0) is 0 Å². The third-order valence-corrected chi connectivity index (χ3v) is 5.87. The van der Waals surface area contributed by atoms with E-state index in [0.29, 0.717) is 11.1 Å². The van der Waals surface area contributed by atoms with Gasteiger partial charge in [-0.2, -0.15) is 0 Å². The predicted octanol–water partition coefficient (Wildman–Crippen LogP) is 4.68. The zero-order chi connectivity index (χ0) is 20.1. The maximum Gasteiger partial charge on any atom is 0.255 e. The van der Waals surface area contributed by atoms with Gasteiger partial charge in [0.15, 0.2) is 0 Å². The van der Waals surface area contributed by atoms with Crippen LogP contribution in [0.3, 0.4) is 0 Å². The quantitative estimate of drug-likeness (QED) is 0.823. The fraction of sp³-hybridized carbons (Fsp3) is 0.417. The first-order chi connectivity index (χ1) is 14.2. The van der Waals surface area contributed by atoms with E-state index in [1.54, 1.807) is 0 Å². The summed E-state index contributed by atoms with van der Waals surface area (Å²) >= 11 is 0. The molecule has 0 atom stereocenters. The first-order valence-electron chi connectivity index (χ1n) is 10.8. The minimum Gasteiger partial charge on any atom is -0.354 e. The van der Waals surface area contributed by atoms with Crippen LogP contribution in [0.15, 0.2) is 48.5 Å². The van der Waals surface area contributed by atoms with E-state index in [2.05, 4.69) is 5.32 Å². The van der Waals surface area contributed by atoms with Gasteiger partial charge in [-0.3, -0.25) is 9.59 Å². The molecule has 4 rings (SSSR count). The second kappa shape index (κ2) is 9.12. The summed E-state index contributed by atoms with van der Waals surface area (Å²) < 4.78 is 0. The molecule has 5 nitrogen and oxygen atoms in total. The van der Waals surface area contributed by atoms with Gasteiger partial charge in [0.1, 0.15) is 0 Å². The van der Waals surface area contributed by atoms with Crippen LogP contribution in [0.1, 0.15) is 59.2 Å². The highest BCUT2D eigenvalue weighted by Gasteiger charge is 2.23. The van der Waals surface area contributed by atoms with Crippen LogP contribution < -0.4 is 5.32 Å². The minimum absolute atomic E-state index is 0.0626. The maximum atomic E-state index is 13.1. The molecule has 2 heterocycles. The number of nitrogens with one attached hydrogen (secondary N) is 1. The first-order valence-corrected chi connectivity index (χ1v) is 10.8. The van der Waals surface area contributed by atoms with E-state index in [0.717, 1.165) is 63.2 Å². The predicted molar refractivity (Wildman–Crippen MR) is 116 cm³/mol. The Morgan fingerprint density at radius 1 is 0.586 bits per heavy atom. The molecule has 2 aromatic carbocycles. The Hall–Kier alpha value is -2.82. The summed E-state index contributed by atoms with van der Waals surface area (Å²) in [6, 6.07) is 15.2. The first kappa shape index (κ1) is 19.5. The van der Waals surface area contributed by atoms with Crippen LogP contribution >= 0.6 is 0 Å². The fourth-order valence-electron chi connectivity index (χ4n) is 4.24. The summed E-state index contributed by atoms with van der Waals surface area (Å²) in [7, 11) is 0. The number of piperidine rings is 2. The maximum absolute atomic E-state index is 13.1. The van der Waals surface area contributed by atoms with Crippen LogP contribution in [0.5, 0.6) is 0 Å². The molecule has 1 N–H and O–H groups in total. The monoisotopic (exact) mass is 391 g/mol. The largest absolute Gasteiger partial charge is 0.354 e. The molecule has 0 aliphatic carbocycles. The lowest BCUT2D eigenvalue weighted by Gasteiger charge is -2.28. The highest BCUT2D eigenvalue weighted by molar-refractivity contribution is 6.03. The Morgan fingerprint density at radius 2 is 0.966 bits per heavy atom. The third kappa shape index (κ3) is 4.44. The average molecular weight is 392 g/mol. The molecule has 2 saturated heterocycles. The topological polar surface area (TPSA) is 52.7 Å². The average Bonchev–Trinajstić information content (AvgIpc) is 2.80. The van der Waals surface area contributed by atoms with Crippen molar-refractivity contribution in [2.24, 2.45) is 0 Å². The summed E-state index contributed by atoms with van der Waals surface area (Å²) in [6.07, 6.45) is 6.64. The molecular formula is C24H29N3O2. The second-order valence-corrected chi connectivity index (χ2v) is 7.92. The zero-order valence-corrected chi connectivity index (χ0v) is 16.9. The van der Waals surface area contributed by atoms with Crippen LogP contribution in [-0.4, -0.2) is 47.8 Å². The summed E-state index contributed by atoms with van der Waals surface area (Å²) in [5, 5.41) is 3.39. The lowest BCUT2D eigenvalue weighted by Crippen LogP contribution is -2.36. The number of carbonyl (C=O) groups is 2. The van der Waals surface area contributed by atoms with Crippen molar-refractivity contribution in [2.75, 3.05) is 31.5 Å². The molecule has 0 spiro atoms. The molecule has 0 unspecified atom stereocenters. The Labute approximate surface area is 172 Å². The van der Waals surface area contributed by atoms with E-state index < -0.39 is 0 Å². The molecule has 2 aliphatic heterocycles. The number of hydrogen-bond acceptors (Lipinski definition) is 3. The van der Waals surface area contributed by atoms with Gasteiger partial charge < -0.3 is 15.1 Å². The highest BCUT2D eigenvalue weighted by Crippen LogP contribution is 2.27. The molecule has 2 amide bonds. The van der Waals surface area contributed by atoms with Crippen molar-refractivity contribution >= 4 is 23.2 Å². The van der Waals surface area contributed by atoms with E-state index in [1.165, 1.54) is 12.8 Å². The van der Waals surface area contributed by atoms with Crippen LogP contribution in [0.25, 0.3) is 0 Å². The fourth-order valence-corrected chi connectivity index (χ4v) is 4.24. The van der Waals surface area contributed by atoms with E-state index in [-0.39, 0.29) is 11.8 Å². The summed E-state index contributed by atoms with van der Waals surface area (Å²) in [5.74, 6) is 0.125. The molecule has 2 aliphatic rings. The van der Waals surface area contributed by atoms with Gasteiger partial charge in [-0.05, 0) is 62.8 Å². The van der Waals surface area contributed by atoms with E-state index >= 15 is 0 Å². The molecule has 2 fully saturated rings. The molecular weight excluding hydrogens is 362 g/mol. The van der Waals surface area contributed by atoms with Gasteiger partial charge in [-0.25, -0.2) is 0 Å². The summed E-state index contributed by atoms with van der Waals surface area (Å²) in [5.41, 5.74) is 2.83. The molecule has 2 aromatic rings. The van der Waals surface area contributed by atoms with Gasteiger partial charge >= 0.3 is 0 Å². The zero-order valence-electron chi connectivity index (χ0n) is 16.9. The second-order valence-electron chi connectivity index (χ2n) is 7.92. The lowest BCUT2D eigenvalue weighted by atomic mass is 10.1. The Balaban J connectivity index is 1.59. The Kier molecular flexibility index (Phi) is 6.13. The number of rotatable bonds is 4. The van der Waals surface area contributed by atoms with Gasteiger partial charge in [-0.15, -0.1) is 0 Å². The van der Waals surface area contributed by atoms with Crippen molar-refractivity contribution in [1.29, 1.82) is 0 Å². The number of likely N-dealkylation sites (tertiary alicyclic amines) is 2. The van der Waals surface area contributed by atoms with Crippen molar-refractivity contribution in [3.63, 3.8) is 0 Å². The number of para-hydroxylation sites is 2. The number of amides is 2. The number of anilines is 2.